The van der Waals surface area contributed by atoms with Crippen molar-refractivity contribution in [2.75, 3.05) is 7.11 Å². The summed E-state index contributed by atoms with van der Waals surface area (Å²) < 4.78 is 17.4. The van der Waals surface area contributed by atoms with E-state index in [4.69, 9.17) is 5.73 Å². The predicted octanol–water partition coefficient (Wildman–Crippen LogP) is 1.31. The summed E-state index contributed by atoms with van der Waals surface area (Å²) in [6.45, 7) is 1.73. The number of hydrogen-bond acceptors (Lipinski definition) is 3. The summed E-state index contributed by atoms with van der Waals surface area (Å²) in [5.74, 6) is -0.977. The van der Waals surface area contributed by atoms with Crippen molar-refractivity contribution in [2.24, 2.45) is 5.73 Å². The Hall–Kier alpha value is -1.42. The number of carbonyl (C=O) groups excluding carboxylic acids is 1. The van der Waals surface area contributed by atoms with Crippen molar-refractivity contribution in [3.8, 4) is 0 Å². The Morgan fingerprint density at radius 1 is 1.50 bits per heavy atom. The van der Waals surface area contributed by atoms with Crippen molar-refractivity contribution in [3.63, 3.8) is 0 Å². The van der Waals surface area contributed by atoms with Gasteiger partial charge in [0.2, 0.25) is 0 Å². The van der Waals surface area contributed by atoms with Crippen LogP contribution in [0.2, 0.25) is 0 Å². The lowest BCUT2D eigenvalue weighted by molar-refractivity contribution is -0.142. The van der Waals surface area contributed by atoms with Crippen molar-refractivity contribution < 1.29 is 13.9 Å². The summed E-state index contributed by atoms with van der Waals surface area (Å²) in [6.07, 6.45) is 0. The van der Waals surface area contributed by atoms with Crippen LogP contribution in [0.3, 0.4) is 0 Å². The van der Waals surface area contributed by atoms with Gasteiger partial charge in [0.15, 0.2) is 0 Å². The fourth-order valence-electron chi connectivity index (χ4n) is 1.21. The molecule has 1 atom stereocenters. The molecule has 76 valence electrons. The number of methoxy groups -OCH3 is 1. The zero-order valence-electron chi connectivity index (χ0n) is 8.08. The highest BCUT2D eigenvalue weighted by Crippen LogP contribution is 2.15. The van der Waals surface area contributed by atoms with E-state index in [0.29, 0.717) is 5.56 Å². The van der Waals surface area contributed by atoms with Crippen molar-refractivity contribution in [1.29, 1.82) is 0 Å². The Bertz CT molecular complexity index is 332. The fourth-order valence-corrected chi connectivity index (χ4v) is 1.21. The Morgan fingerprint density at radius 2 is 2.14 bits per heavy atom. The van der Waals surface area contributed by atoms with E-state index >= 15 is 0 Å². The summed E-state index contributed by atoms with van der Waals surface area (Å²) in [6, 6.07) is 3.33. The molecular formula is C10H12FNO2. The molecule has 0 aromatic heterocycles. The average molecular weight is 197 g/mol. The second-order valence-electron chi connectivity index (χ2n) is 3.06. The maximum Gasteiger partial charge on any atom is 0.327 e. The third-order valence-corrected chi connectivity index (χ3v) is 1.88. The third kappa shape index (κ3) is 2.29. The largest absolute Gasteiger partial charge is 0.468 e. The summed E-state index contributed by atoms with van der Waals surface area (Å²) in [7, 11) is 1.24. The molecule has 0 bridgehead atoms. The van der Waals surface area contributed by atoms with Gasteiger partial charge in [-0.05, 0) is 30.2 Å². The van der Waals surface area contributed by atoms with Gasteiger partial charge >= 0.3 is 5.97 Å². The molecule has 0 aliphatic carbocycles. The minimum Gasteiger partial charge on any atom is -0.468 e. The van der Waals surface area contributed by atoms with Crippen LogP contribution in [0.5, 0.6) is 0 Å². The van der Waals surface area contributed by atoms with Crippen LogP contribution >= 0.6 is 0 Å². The van der Waals surface area contributed by atoms with Gasteiger partial charge in [0, 0.05) is 0 Å². The van der Waals surface area contributed by atoms with Crippen LogP contribution in [0.1, 0.15) is 17.2 Å². The van der Waals surface area contributed by atoms with Crippen LogP contribution in [-0.2, 0) is 9.53 Å². The predicted molar refractivity (Wildman–Crippen MR) is 50.1 cm³/mol. The van der Waals surface area contributed by atoms with Gasteiger partial charge < -0.3 is 10.5 Å². The first-order valence-electron chi connectivity index (χ1n) is 4.15. The van der Waals surface area contributed by atoms with Crippen molar-refractivity contribution in [3.05, 3.63) is 35.1 Å². The van der Waals surface area contributed by atoms with Crippen molar-refractivity contribution in [1.82, 2.24) is 0 Å². The molecule has 0 fully saturated rings. The minimum atomic E-state index is -0.922. The van der Waals surface area contributed by atoms with Crippen LogP contribution in [0.4, 0.5) is 4.39 Å². The molecule has 0 saturated heterocycles. The molecule has 3 nitrogen and oxygen atoms in total. The highest BCUT2D eigenvalue weighted by molar-refractivity contribution is 5.77. The summed E-state index contributed by atoms with van der Waals surface area (Å²) in [5.41, 5.74) is 6.69. The molecule has 14 heavy (non-hydrogen) atoms. The summed E-state index contributed by atoms with van der Waals surface area (Å²) in [4.78, 5) is 11.1. The Morgan fingerprint density at radius 3 is 2.64 bits per heavy atom. The first-order chi connectivity index (χ1) is 6.54. The normalized spacial score (nSPS) is 12.3. The first kappa shape index (κ1) is 10.7. The highest BCUT2D eigenvalue weighted by Gasteiger charge is 2.16. The monoisotopic (exact) mass is 197 g/mol. The van der Waals surface area contributed by atoms with E-state index in [-0.39, 0.29) is 0 Å². The van der Waals surface area contributed by atoms with Gasteiger partial charge in [-0.15, -0.1) is 0 Å². The standard InChI is InChI=1S/C10H12FNO2/c1-6-3-7(5-8(11)4-6)9(12)10(13)14-2/h3-5,9H,12H2,1-2H3. The van der Waals surface area contributed by atoms with Gasteiger partial charge in [0.05, 0.1) is 7.11 Å². The van der Waals surface area contributed by atoms with E-state index in [0.717, 1.165) is 5.56 Å². The number of benzene rings is 1. The highest BCUT2D eigenvalue weighted by atomic mass is 19.1. The number of rotatable bonds is 2. The molecule has 0 aliphatic heterocycles. The second kappa shape index (κ2) is 4.19. The molecule has 0 spiro atoms. The smallest absolute Gasteiger partial charge is 0.327 e. The van der Waals surface area contributed by atoms with Gasteiger partial charge in [-0.25, -0.2) is 4.39 Å². The number of esters is 1. The minimum absolute atomic E-state index is 0.403. The summed E-state index contributed by atoms with van der Waals surface area (Å²) in [5, 5.41) is 0. The van der Waals surface area contributed by atoms with E-state index in [2.05, 4.69) is 4.74 Å². The molecule has 2 N–H and O–H groups in total. The summed E-state index contributed by atoms with van der Waals surface area (Å²) >= 11 is 0. The van der Waals surface area contributed by atoms with Gasteiger partial charge in [-0.3, -0.25) is 4.79 Å². The number of hydrogen-bond donors (Lipinski definition) is 1. The zero-order chi connectivity index (χ0) is 10.7. The van der Waals surface area contributed by atoms with Crippen LogP contribution < -0.4 is 5.73 Å². The lowest BCUT2D eigenvalue weighted by Crippen LogP contribution is -2.22. The SMILES string of the molecule is COC(=O)C(N)c1cc(C)cc(F)c1. The Kier molecular flexibility index (Phi) is 3.19. The maximum atomic E-state index is 12.9. The number of aryl methyl sites for hydroxylation is 1. The van der Waals surface area contributed by atoms with Gasteiger partial charge in [-0.1, -0.05) is 6.07 Å². The molecule has 1 rings (SSSR count). The third-order valence-electron chi connectivity index (χ3n) is 1.88. The van der Waals surface area contributed by atoms with Gasteiger partial charge in [0.1, 0.15) is 11.9 Å². The Labute approximate surface area is 81.7 Å². The zero-order valence-corrected chi connectivity index (χ0v) is 8.08. The van der Waals surface area contributed by atoms with Crippen LogP contribution in [0.15, 0.2) is 18.2 Å². The van der Waals surface area contributed by atoms with Gasteiger partial charge in [-0.2, -0.15) is 0 Å². The van der Waals surface area contributed by atoms with Crippen LogP contribution in [0, 0.1) is 12.7 Å². The second-order valence-corrected chi connectivity index (χ2v) is 3.06. The van der Waals surface area contributed by atoms with E-state index in [1.165, 1.54) is 19.2 Å². The van der Waals surface area contributed by atoms with Crippen LogP contribution in [-0.4, -0.2) is 13.1 Å². The number of halogens is 1. The van der Waals surface area contributed by atoms with E-state index in [9.17, 15) is 9.18 Å². The average Bonchev–Trinajstić information content (AvgIpc) is 2.14. The van der Waals surface area contributed by atoms with E-state index in [1.54, 1.807) is 13.0 Å². The molecular weight excluding hydrogens is 185 g/mol. The number of ether oxygens (including phenoxy) is 1. The van der Waals surface area contributed by atoms with Gasteiger partial charge in [0.25, 0.3) is 0 Å². The quantitative estimate of drug-likeness (QED) is 0.727. The molecule has 4 heteroatoms. The molecule has 0 aliphatic rings. The lowest BCUT2D eigenvalue weighted by Gasteiger charge is -2.10. The topological polar surface area (TPSA) is 52.3 Å². The molecule has 0 radical (unpaired) electrons. The Balaban J connectivity index is 3.00. The van der Waals surface area contributed by atoms with Crippen molar-refractivity contribution >= 4 is 5.97 Å². The number of nitrogens with two attached hydrogens (primary N) is 1. The van der Waals surface area contributed by atoms with E-state index < -0.39 is 17.8 Å². The van der Waals surface area contributed by atoms with E-state index in [1.807, 2.05) is 0 Å². The molecule has 0 heterocycles. The van der Waals surface area contributed by atoms with Crippen LogP contribution in [0.25, 0.3) is 0 Å². The maximum absolute atomic E-state index is 12.9. The molecule has 0 amide bonds. The molecule has 1 aromatic rings. The molecule has 1 aromatic carbocycles. The molecule has 0 saturated carbocycles. The first-order valence-corrected chi connectivity index (χ1v) is 4.15. The van der Waals surface area contributed by atoms with Crippen molar-refractivity contribution in [2.45, 2.75) is 13.0 Å². The fraction of sp³-hybridized carbons (Fsp3) is 0.300. The number of carbonyl (C=O) groups is 1. The lowest BCUT2D eigenvalue weighted by atomic mass is 10.1. The molecule has 1 unspecified atom stereocenters.